The van der Waals surface area contributed by atoms with Crippen LogP contribution in [0.25, 0.3) is 5.69 Å². The molecule has 0 bridgehead atoms. The number of aromatic nitrogens is 1. The number of pyridine rings is 1. The van der Waals surface area contributed by atoms with E-state index in [1.165, 1.54) is 58.9 Å². The van der Waals surface area contributed by atoms with Crippen molar-refractivity contribution in [1.29, 1.82) is 0 Å². The Morgan fingerprint density at radius 1 is 1.17 bits per heavy atom. The molecule has 0 saturated heterocycles. The second-order valence-corrected chi connectivity index (χ2v) is 9.63. The Morgan fingerprint density at radius 3 is 2.37 bits per heavy atom. The topological polar surface area (TPSA) is 96.8 Å². The predicted molar refractivity (Wildman–Crippen MR) is 109 cm³/mol. The molecule has 1 aromatic carbocycles. The Kier molecular flexibility index (Phi) is 5.80. The number of halogens is 1. The summed E-state index contributed by atoms with van der Waals surface area (Å²) >= 11 is 0. The lowest BCUT2D eigenvalue weighted by atomic mass is 9.95. The van der Waals surface area contributed by atoms with Gasteiger partial charge in [0, 0.05) is 45.3 Å². The Hall–Kier alpha value is -3.01. The highest BCUT2D eigenvalue weighted by Crippen LogP contribution is 2.23. The summed E-state index contributed by atoms with van der Waals surface area (Å²) in [5, 5.41) is 0. The molecule has 10 heteroatoms. The number of carbonyl (C=O) groups excluding carboxylic acids is 2. The van der Waals surface area contributed by atoms with Crippen LogP contribution in [0.3, 0.4) is 0 Å². The number of hydrogen-bond acceptors (Lipinski definition) is 5. The molecule has 1 aliphatic rings. The Labute approximate surface area is 173 Å². The first-order valence-electron chi connectivity index (χ1n) is 9.18. The van der Waals surface area contributed by atoms with Crippen LogP contribution in [-0.2, 0) is 27.6 Å². The number of carbonyl (C=O) groups is 2. The first-order chi connectivity index (χ1) is 14.0. The lowest BCUT2D eigenvalue weighted by molar-refractivity contribution is -0.129. The Balaban J connectivity index is 2.13. The van der Waals surface area contributed by atoms with E-state index in [0.717, 1.165) is 6.26 Å². The van der Waals surface area contributed by atoms with E-state index >= 15 is 0 Å². The van der Waals surface area contributed by atoms with Crippen LogP contribution in [0.5, 0.6) is 0 Å². The molecule has 0 N–H and O–H groups in total. The van der Waals surface area contributed by atoms with Crippen LogP contribution in [-0.4, -0.2) is 67.2 Å². The molecule has 0 radical (unpaired) electrons. The molecule has 0 fully saturated rings. The summed E-state index contributed by atoms with van der Waals surface area (Å²) in [6.07, 6.45) is 2.76. The summed E-state index contributed by atoms with van der Waals surface area (Å²) in [4.78, 5) is 41.0. The van der Waals surface area contributed by atoms with Gasteiger partial charge in [-0.15, -0.1) is 0 Å². The van der Waals surface area contributed by atoms with Gasteiger partial charge in [-0.1, -0.05) is 0 Å². The minimum Gasteiger partial charge on any atom is -0.345 e. The summed E-state index contributed by atoms with van der Waals surface area (Å²) in [7, 11) is -0.416. The van der Waals surface area contributed by atoms with Gasteiger partial charge in [0.15, 0.2) is 9.84 Å². The quantitative estimate of drug-likeness (QED) is 0.701. The largest absolute Gasteiger partial charge is 0.345 e. The standard InChI is InChI=1S/C20H22FN3O5S/c1-22(2)19(26)18-16-8-9-23(17(25)12-30(3,28)29)10-13(16)11-24(20(18)27)15-6-4-14(21)5-7-15/h4-7,11H,8-10,12H2,1-3H3. The van der Waals surface area contributed by atoms with Crippen molar-refractivity contribution in [3.63, 3.8) is 0 Å². The molecule has 2 aromatic rings. The van der Waals surface area contributed by atoms with Crippen molar-refractivity contribution in [3.05, 3.63) is 63.3 Å². The third-order valence-corrected chi connectivity index (χ3v) is 5.63. The van der Waals surface area contributed by atoms with E-state index in [2.05, 4.69) is 0 Å². The van der Waals surface area contributed by atoms with Gasteiger partial charge in [0.1, 0.15) is 17.1 Å². The summed E-state index contributed by atoms with van der Waals surface area (Å²) in [6, 6.07) is 5.25. The summed E-state index contributed by atoms with van der Waals surface area (Å²) < 4.78 is 37.5. The second kappa shape index (κ2) is 8.02. The van der Waals surface area contributed by atoms with Crippen LogP contribution >= 0.6 is 0 Å². The number of nitrogens with zero attached hydrogens (tertiary/aromatic N) is 3. The molecule has 1 aliphatic heterocycles. The van der Waals surface area contributed by atoms with Crippen LogP contribution in [0.15, 0.2) is 35.3 Å². The van der Waals surface area contributed by atoms with Gasteiger partial charge >= 0.3 is 0 Å². The fraction of sp³-hybridized carbons (Fsp3) is 0.350. The maximum absolute atomic E-state index is 13.3. The van der Waals surface area contributed by atoms with Crippen molar-refractivity contribution in [3.8, 4) is 5.69 Å². The third-order valence-electron chi connectivity index (χ3n) is 4.86. The van der Waals surface area contributed by atoms with Crippen molar-refractivity contribution in [1.82, 2.24) is 14.4 Å². The molecule has 1 aromatic heterocycles. The number of amides is 2. The van der Waals surface area contributed by atoms with Crippen molar-refractivity contribution < 1.29 is 22.4 Å². The molecule has 0 aliphatic carbocycles. The van der Waals surface area contributed by atoms with Crippen molar-refractivity contribution in [2.45, 2.75) is 13.0 Å². The zero-order valence-corrected chi connectivity index (χ0v) is 17.7. The molecule has 0 atom stereocenters. The molecule has 8 nitrogen and oxygen atoms in total. The lowest BCUT2D eigenvalue weighted by Gasteiger charge is -2.30. The Morgan fingerprint density at radius 2 is 1.80 bits per heavy atom. The first-order valence-corrected chi connectivity index (χ1v) is 11.2. The normalized spacial score (nSPS) is 13.7. The maximum Gasteiger partial charge on any atom is 0.268 e. The molecular weight excluding hydrogens is 413 g/mol. The molecule has 0 spiro atoms. The summed E-state index contributed by atoms with van der Waals surface area (Å²) in [5.74, 6) is -2.08. The number of benzene rings is 1. The van der Waals surface area contributed by atoms with Gasteiger partial charge in [0.05, 0.1) is 0 Å². The maximum atomic E-state index is 13.3. The number of sulfone groups is 1. The lowest BCUT2D eigenvalue weighted by Crippen LogP contribution is -2.42. The average Bonchev–Trinajstić information content (AvgIpc) is 2.66. The number of hydrogen-bond donors (Lipinski definition) is 0. The van der Waals surface area contributed by atoms with Gasteiger partial charge in [-0.2, -0.15) is 0 Å². The van der Waals surface area contributed by atoms with E-state index in [-0.39, 0.29) is 25.1 Å². The van der Waals surface area contributed by atoms with Crippen LogP contribution in [0, 0.1) is 5.82 Å². The van der Waals surface area contributed by atoms with Gasteiger partial charge in [-0.25, -0.2) is 12.8 Å². The van der Waals surface area contributed by atoms with Crippen LogP contribution in [0.4, 0.5) is 4.39 Å². The molecule has 3 rings (SSSR count). The van der Waals surface area contributed by atoms with Crippen molar-refractivity contribution in [2.24, 2.45) is 0 Å². The fourth-order valence-electron chi connectivity index (χ4n) is 3.42. The highest BCUT2D eigenvalue weighted by Gasteiger charge is 2.29. The molecule has 2 amide bonds. The monoisotopic (exact) mass is 435 g/mol. The predicted octanol–water partition coefficient (Wildman–Crippen LogP) is 0.608. The SMILES string of the molecule is CN(C)C(=O)c1c2c(cn(-c3ccc(F)cc3)c1=O)CN(C(=O)CS(C)(=O)=O)CC2. The second-order valence-electron chi connectivity index (χ2n) is 7.49. The average molecular weight is 435 g/mol. The molecule has 30 heavy (non-hydrogen) atoms. The van der Waals surface area contributed by atoms with Crippen LogP contribution in [0.1, 0.15) is 21.5 Å². The number of fused-ring (bicyclic) bond motifs is 1. The van der Waals surface area contributed by atoms with Gasteiger partial charge in [0.25, 0.3) is 11.5 Å². The molecule has 2 heterocycles. The van der Waals surface area contributed by atoms with E-state index in [1.54, 1.807) is 0 Å². The third kappa shape index (κ3) is 4.43. The van der Waals surface area contributed by atoms with Gasteiger partial charge in [0.2, 0.25) is 5.91 Å². The first kappa shape index (κ1) is 21.7. The molecule has 0 saturated carbocycles. The minimum absolute atomic E-state index is 0.00274. The zero-order valence-electron chi connectivity index (χ0n) is 16.9. The molecule has 0 unspecified atom stereocenters. The minimum atomic E-state index is -3.49. The molecule has 160 valence electrons. The summed E-state index contributed by atoms with van der Waals surface area (Å²) in [5.41, 5.74) is 0.946. The smallest absolute Gasteiger partial charge is 0.268 e. The highest BCUT2D eigenvalue weighted by atomic mass is 32.2. The van der Waals surface area contributed by atoms with E-state index < -0.39 is 38.8 Å². The zero-order chi connectivity index (χ0) is 22.2. The summed E-state index contributed by atoms with van der Waals surface area (Å²) in [6.45, 7) is 0.272. The van der Waals surface area contributed by atoms with E-state index in [1.807, 2.05) is 0 Å². The fourth-order valence-corrected chi connectivity index (χ4v) is 4.05. The van der Waals surface area contributed by atoms with Gasteiger partial charge in [-0.3, -0.25) is 19.0 Å². The Bertz CT molecular complexity index is 1170. The van der Waals surface area contributed by atoms with Crippen LogP contribution < -0.4 is 5.56 Å². The van der Waals surface area contributed by atoms with E-state index in [4.69, 9.17) is 0 Å². The van der Waals surface area contributed by atoms with Gasteiger partial charge in [-0.05, 0) is 41.8 Å². The van der Waals surface area contributed by atoms with E-state index in [0.29, 0.717) is 16.8 Å². The van der Waals surface area contributed by atoms with Crippen molar-refractivity contribution in [2.75, 3.05) is 32.6 Å². The molecular formula is C20H22FN3O5S. The highest BCUT2D eigenvalue weighted by molar-refractivity contribution is 7.91. The van der Waals surface area contributed by atoms with Crippen molar-refractivity contribution >= 4 is 21.7 Å². The number of rotatable bonds is 4. The van der Waals surface area contributed by atoms with E-state index in [9.17, 15) is 27.2 Å². The van der Waals surface area contributed by atoms with Crippen LogP contribution in [0.2, 0.25) is 0 Å². The van der Waals surface area contributed by atoms with Gasteiger partial charge < -0.3 is 9.80 Å².